The zero-order chi connectivity index (χ0) is 7.28. The molecule has 0 aliphatic rings. The molecular formula is C4H12N2O3. The van der Waals surface area contributed by atoms with Crippen molar-refractivity contribution in [2.24, 2.45) is 5.84 Å². The van der Waals surface area contributed by atoms with Crippen LogP contribution in [-0.4, -0.2) is 40.7 Å². The number of rotatable bonds is 4. The standard InChI is InChI=1S/C4H12N2O3/c5-6-1-3(8)4(9)2-7/h3-4,6-9H,1-2,5H2/t3-,4-/m0/s1. The first kappa shape index (κ1) is 8.80. The van der Waals surface area contributed by atoms with Crippen LogP contribution in [0.3, 0.4) is 0 Å². The van der Waals surface area contributed by atoms with Gasteiger partial charge in [-0.25, -0.2) is 0 Å². The highest BCUT2D eigenvalue weighted by Crippen LogP contribution is 1.88. The van der Waals surface area contributed by atoms with Crippen LogP contribution in [-0.2, 0) is 0 Å². The SMILES string of the molecule is NNC[C@H](O)[C@@H](O)CO. The van der Waals surface area contributed by atoms with Crippen molar-refractivity contribution >= 4 is 0 Å². The molecule has 0 unspecified atom stereocenters. The highest BCUT2D eigenvalue weighted by molar-refractivity contribution is 4.66. The molecule has 0 saturated carbocycles. The maximum atomic E-state index is 8.77. The van der Waals surface area contributed by atoms with Crippen LogP contribution in [0.5, 0.6) is 0 Å². The quantitative estimate of drug-likeness (QED) is 0.212. The number of nitrogens with two attached hydrogens (primary N) is 1. The van der Waals surface area contributed by atoms with Gasteiger partial charge in [0.05, 0.1) is 12.7 Å². The van der Waals surface area contributed by atoms with E-state index >= 15 is 0 Å². The number of hydrogen-bond donors (Lipinski definition) is 5. The maximum Gasteiger partial charge on any atom is 0.104 e. The van der Waals surface area contributed by atoms with Crippen LogP contribution < -0.4 is 11.3 Å². The van der Waals surface area contributed by atoms with Gasteiger partial charge in [0, 0.05) is 6.54 Å². The molecule has 0 radical (unpaired) electrons. The summed E-state index contributed by atoms with van der Waals surface area (Å²) in [7, 11) is 0. The Morgan fingerprint density at radius 3 is 2.22 bits per heavy atom. The largest absolute Gasteiger partial charge is 0.394 e. The molecule has 0 amide bonds. The lowest BCUT2D eigenvalue weighted by atomic mass is 10.2. The van der Waals surface area contributed by atoms with Crippen LogP contribution in [0, 0.1) is 0 Å². The average molecular weight is 136 g/mol. The summed E-state index contributed by atoms with van der Waals surface area (Å²) in [5, 5.41) is 25.7. The van der Waals surface area contributed by atoms with E-state index in [2.05, 4.69) is 5.43 Å². The molecule has 5 heteroatoms. The molecule has 0 aromatic heterocycles. The normalized spacial score (nSPS) is 17.3. The zero-order valence-corrected chi connectivity index (χ0v) is 4.99. The smallest absolute Gasteiger partial charge is 0.104 e. The Bertz CT molecular complexity index is 70.8. The van der Waals surface area contributed by atoms with Crippen molar-refractivity contribution in [1.29, 1.82) is 0 Å². The van der Waals surface area contributed by atoms with Gasteiger partial charge in [-0.2, -0.15) is 0 Å². The molecule has 0 aliphatic carbocycles. The van der Waals surface area contributed by atoms with Gasteiger partial charge in [0.25, 0.3) is 0 Å². The molecule has 5 nitrogen and oxygen atoms in total. The molecule has 0 fully saturated rings. The van der Waals surface area contributed by atoms with Gasteiger partial charge in [-0.3, -0.25) is 11.3 Å². The van der Waals surface area contributed by atoms with E-state index in [1.54, 1.807) is 0 Å². The predicted molar refractivity (Wildman–Crippen MR) is 31.3 cm³/mol. The monoisotopic (exact) mass is 136 g/mol. The molecule has 56 valence electrons. The first-order valence-corrected chi connectivity index (χ1v) is 2.62. The second kappa shape index (κ2) is 4.66. The van der Waals surface area contributed by atoms with Crippen LogP contribution in [0.1, 0.15) is 0 Å². The van der Waals surface area contributed by atoms with Crippen molar-refractivity contribution in [2.45, 2.75) is 12.2 Å². The van der Waals surface area contributed by atoms with Crippen molar-refractivity contribution in [1.82, 2.24) is 5.43 Å². The van der Waals surface area contributed by atoms with Gasteiger partial charge in [0.2, 0.25) is 0 Å². The molecule has 9 heavy (non-hydrogen) atoms. The van der Waals surface area contributed by atoms with Gasteiger partial charge in [-0.05, 0) is 0 Å². The molecule has 0 aliphatic heterocycles. The van der Waals surface area contributed by atoms with E-state index in [-0.39, 0.29) is 6.54 Å². The predicted octanol–water partition coefficient (Wildman–Crippen LogP) is -2.84. The molecule has 0 saturated heterocycles. The Balaban J connectivity index is 3.32. The second-order valence-corrected chi connectivity index (χ2v) is 1.73. The summed E-state index contributed by atoms with van der Waals surface area (Å²) in [5.41, 5.74) is 2.16. The summed E-state index contributed by atoms with van der Waals surface area (Å²) in [6.45, 7) is -0.384. The lowest BCUT2D eigenvalue weighted by Gasteiger charge is -2.13. The summed E-state index contributed by atoms with van der Waals surface area (Å²) in [6, 6.07) is 0. The van der Waals surface area contributed by atoms with E-state index in [1.807, 2.05) is 0 Å². The van der Waals surface area contributed by atoms with E-state index < -0.39 is 18.8 Å². The number of aliphatic hydroxyl groups excluding tert-OH is 3. The van der Waals surface area contributed by atoms with Crippen LogP contribution >= 0.6 is 0 Å². The van der Waals surface area contributed by atoms with Crippen LogP contribution in [0.25, 0.3) is 0 Å². The fourth-order valence-corrected chi connectivity index (χ4v) is 0.378. The fraction of sp³-hybridized carbons (Fsp3) is 1.00. The van der Waals surface area contributed by atoms with E-state index in [0.29, 0.717) is 0 Å². The molecule has 6 N–H and O–H groups in total. The van der Waals surface area contributed by atoms with Crippen LogP contribution in [0.15, 0.2) is 0 Å². The lowest BCUT2D eigenvalue weighted by Crippen LogP contribution is -2.40. The zero-order valence-electron chi connectivity index (χ0n) is 4.99. The number of hydrazine groups is 1. The molecule has 2 atom stereocenters. The minimum atomic E-state index is -1.11. The third-order valence-electron chi connectivity index (χ3n) is 0.958. The molecule has 0 rings (SSSR count). The molecule has 0 spiro atoms. The second-order valence-electron chi connectivity index (χ2n) is 1.73. The Morgan fingerprint density at radius 2 is 1.89 bits per heavy atom. The van der Waals surface area contributed by atoms with Crippen molar-refractivity contribution < 1.29 is 15.3 Å². The van der Waals surface area contributed by atoms with Gasteiger partial charge < -0.3 is 15.3 Å². The highest BCUT2D eigenvalue weighted by Gasteiger charge is 2.12. The van der Waals surface area contributed by atoms with E-state index in [9.17, 15) is 0 Å². The third kappa shape index (κ3) is 3.39. The first-order valence-electron chi connectivity index (χ1n) is 2.62. The number of hydrogen-bond acceptors (Lipinski definition) is 5. The Kier molecular flexibility index (Phi) is 4.55. The van der Waals surface area contributed by atoms with E-state index in [1.165, 1.54) is 0 Å². The summed E-state index contributed by atoms with van der Waals surface area (Å²) in [4.78, 5) is 0. The van der Waals surface area contributed by atoms with Crippen molar-refractivity contribution in [3.8, 4) is 0 Å². The number of nitrogens with one attached hydrogen (secondary N) is 1. The Labute approximate surface area is 53.1 Å². The third-order valence-corrected chi connectivity index (χ3v) is 0.958. The van der Waals surface area contributed by atoms with Gasteiger partial charge in [0.15, 0.2) is 0 Å². The first-order chi connectivity index (χ1) is 4.22. The molecule has 0 aromatic rings. The van der Waals surface area contributed by atoms with Crippen molar-refractivity contribution in [3.63, 3.8) is 0 Å². The molecule has 0 aromatic carbocycles. The van der Waals surface area contributed by atoms with Crippen molar-refractivity contribution in [2.75, 3.05) is 13.2 Å². The summed E-state index contributed by atoms with van der Waals surface area (Å²) in [6.07, 6.45) is -2.11. The van der Waals surface area contributed by atoms with Gasteiger partial charge in [-0.1, -0.05) is 0 Å². The van der Waals surface area contributed by atoms with Gasteiger partial charge in [0.1, 0.15) is 6.10 Å². The minimum Gasteiger partial charge on any atom is -0.394 e. The molecule has 0 bridgehead atoms. The highest BCUT2D eigenvalue weighted by atomic mass is 16.4. The maximum absolute atomic E-state index is 8.77. The van der Waals surface area contributed by atoms with Gasteiger partial charge >= 0.3 is 0 Å². The van der Waals surface area contributed by atoms with Crippen LogP contribution in [0.2, 0.25) is 0 Å². The molecular weight excluding hydrogens is 124 g/mol. The Morgan fingerprint density at radius 1 is 1.33 bits per heavy atom. The van der Waals surface area contributed by atoms with Gasteiger partial charge in [-0.15, -0.1) is 0 Å². The Hall–Kier alpha value is -0.200. The van der Waals surface area contributed by atoms with Crippen molar-refractivity contribution in [3.05, 3.63) is 0 Å². The molecule has 0 heterocycles. The topological polar surface area (TPSA) is 98.7 Å². The summed E-state index contributed by atoms with van der Waals surface area (Å²) < 4.78 is 0. The average Bonchev–Trinajstić information content (AvgIpc) is 1.87. The summed E-state index contributed by atoms with van der Waals surface area (Å²) in [5.74, 6) is 4.82. The lowest BCUT2D eigenvalue weighted by molar-refractivity contribution is -0.0127. The van der Waals surface area contributed by atoms with E-state index in [0.717, 1.165) is 0 Å². The van der Waals surface area contributed by atoms with Crippen LogP contribution in [0.4, 0.5) is 0 Å². The minimum absolute atomic E-state index is 0.0712. The fourth-order valence-electron chi connectivity index (χ4n) is 0.378. The number of aliphatic hydroxyl groups is 3. The van der Waals surface area contributed by atoms with E-state index in [4.69, 9.17) is 21.2 Å². The summed E-state index contributed by atoms with van der Waals surface area (Å²) >= 11 is 0.